The van der Waals surface area contributed by atoms with E-state index in [1.165, 1.54) is 12.1 Å². The number of rotatable bonds is 6. The van der Waals surface area contributed by atoms with E-state index in [2.05, 4.69) is 5.32 Å². The van der Waals surface area contributed by atoms with Gasteiger partial charge in [-0.25, -0.2) is 13.6 Å². The summed E-state index contributed by atoms with van der Waals surface area (Å²) in [7, 11) is -3.71. The number of amides is 1. The van der Waals surface area contributed by atoms with E-state index in [-0.39, 0.29) is 16.8 Å². The van der Waals surface area contributed by atoms with Crippen molar-refractivity contribution in [2.24, 2.45) is 5.14 Å². The molecule has 0 bridgehead atoms. The fourth-order valence-corrected chi connectivity index (χ4v) is 2.26. The third-order valence-electron chi connectivity index (χ3n) is 2.82. The first-order chi connectivity index (χ1) is 8.84. The average molecular weight is 284 g/mol. The zero-order valence-electron chi connectivity index (χ0n) is 11.2. The Bertz CT molecular complexity index is 541. The molecule has 3 N–H and O–H groups in total. The van der Waals surface area contributed by atoms with Gasteiger partial charge in [0, 0.05) is 6.42 Å². The van der Waals surface area contributed by atoms with Gasteiger partial charge in [-0.15, -0.1) is 0 Å². The lowest BCUT2D eigenvalue weighted by molar-refractivity contribution is -0.121. The molecule has 106 valence electrons. The van der Waals surface area contributed by atoms with Crippen LogP contribution in [0.5, 0.6) is 0 Å². The Balaban J connectivity index is 2.77. The van der Waals surface area contributed by atoms with Crippen molar-refractivity contribution in [3.63, 3.8) is 0 Å². The Morgan fingerprint density at radius 3 is 2.68 bits per heavy atom. The van der Waals surface area contributed by atoms with Gasteiger partial charge in [-0.3, -0.25) is 4.79 Å². The summed E-state index contributed by atoms with van der Waals surface area (Å²) < 4.78 is 22.5. The van der Waals surface area contributed by atoms with Crippen LogP contribution in [-0.2, 0) is 14.8 Å². The number of carbonyl (C=O) groups is 1. The summed E-state index contributed by atoms with van der Waals surface area (Å²) in [5.41, 5.74) is 0.719. The summed E-state index contributed by atoms with van der Waals surface area (Å²) in [5, 5.41) is 7.91. The maximum atomic E-state index is 11.6. The molecule has 0 aliphatic carbocycles. The van der Waals surface area contributed by atoms with Crippen LogP contribution in [0.3, 0.4) is 0 Å². The Kier molecular flexibility index (Phi) is 5.50. The normalized spacial score (nSPS) is 13.0. The maximum absolute atomic E-state index is 11.6. The van der Waals surface area contributed by atoms with Crippen molar-refractivity contribution in [3.8, 4) is 0 Å². The SMILES string of the molecule is CCCCC(=O)N[C@H](C)c1cccc(S(N)(=O)=O)c1. The van der Waals surface area contributed by atoms with Crippen molar-refractivity contribution in [1.82, 2.24) is 5.32 Å². The molecule has 0 spiro atoms. The minimum absolute atomic E-state index is 0.0321. The van der Waals surface area contributed by atoms with Crippen molar-refractivity contribution in [3.05, 3.63) is 29.8 Å². The van der Waals surface area contributed by atoms with Gasteiger partial charge in [0.25, 0.3) is 0 Å². The summed E-state index contributed by atoms with van der Waals surface area (Å²) in [5.74, 6) is -0.0321. The fourth-order valence-electron chi connectivity index (χ4n) is 1.70. The quantitative estimate of drug-likeness (QED) is 0.833. The van der Waals surface area contributed by atoms with Gasteiger partial charge in [0.1, 0.15) is 0 Å². The van der Waals surface area contributed by atoms with Crippen molar-refractivity contribution >= 4 is 15.9 Å². The lowest BCUT2D eigenvalue weighted by Gasteiger charge is -2.15. The number of hydrogen-bond acceptors (Lipinski definition) is 3. The molecule has 0 heterocycles. The van der Waals surface area contributed by atoms with Crippen molar-refractivity contribution in [2.45, 2.75) is 44.0 Å². The van der Waals surface area contributed by atoms with E-state index in [9.17, 15) is 13.2 Å². The number of benzene rings is 1. The number of nitrogens with two attached hydrogens (primary N) is 1. The first-order valence-corrected chi connectivity index (χ1v) is 7.81. The molecule has 5 nitrogen and oxygen atoms in total. The van der Waals surface area contributed by atoms with E-state index >= 15 is 0 Å². The van der Waals surface area contributed by atoms with Gasteiger partial charge < -0.3 is 5.32 Å². The summed E-state index contributed by atoms with van der Waals surface area (Å²) in [6.07, 6.45) is 2.29. The smallest absolute Gasteiger partial charge is 0.238 e. The molecule has 19 heavy (non-hydrogen) atoms. The molecule has 1 atom stereocenters. The van der Waals surface area contributed by atoms with Gasteiger partial charge in [-0.05, 0) is 31.0 Å². The molecular weight excluding hydrogens is 264 g/mol. The number of primary sulfonamides is 1. The van der Waals surface area contributed by atoms with Gasteiger partial charge in [0.2, 0.25) is 15.9 Å². The fraction of sp³-hybridized carbons (Fsp3) is 0.462. The van der Waals surface area contributed by atoms with Crippen LogP contribution in [-0.4, -0.2) is 14.3 Å². The largest absolute Gasteiger partial charge is 0.350 e. The van der Waals surface area contributed by atoms with Crippen LogP contribution < -0.4 is 10.5 Å². The Labute approximate surface area is 114 Å². The molecule has 1 amide bonds. The lowest BCUT2D eigenvalue weighted by Crippen LogP contribution is -2.26. The van der Waals surface area contributed by atoms with E-state index < -0.39 is 10.0 Å². The van der Waals surface area contributed by atoms with Crippen LogP contribution in [0.15, 0.2) is 29.2 Å². The van der Waals surface area contributed by atoms with Crippen molar-refractivity contribution in [2.75, 3.05) is 0 Å². The van der Waals surface area contributed by atoms with Crippen molar-refractivity contribution in [1.29, 1.82) is 0 Å². The highest BCUT2D eigenvalue weighted by Crippen LogP contribution is 2.16. The van der Waals surface area contributed by atoms with Crippen LogP contribution >= 0.6 is 0 Å². The standard InChI is InChI=1S/C13H20N2O3S/c1-3-4-8-13(16)15-10(2)11-6-5-7-12(9-11)19(14,17)18/h5-7,9-10H,3-4,8H2,1-2H3,(H,15,16)(H2,14,17,18)/t10-/m1/s1. The molecule has 1 rings (SSSR count). The molecule has 0 aliphatic rings. The summed E-state index contributed by atoms with van der Waals surface area (Å²) >= 11 is 0. The van der Waals surface area contributed by atoms with Gasteiger partial charge >= 0.3 is 0 Å². The van der Waals surface area contributed by atoms with Crippen molar-refractivity contribution < 1.29 is 13.2 Å². The van der Waals surface area contributed by atoms with E-state index in [1.54, 1.807) is 12.1 Å². The average Bonchev–Trinajstić information content (AvgIpc) is 2.35. The van der Waals surface area contributed by atoms with Gasteiger partial charge in [0.05, 0.1) is 10.9 Å². The minimum atomic E-state index is -3.71. The molecule has 0 aliphatic heterocycles. The summed E-state index contributed by atoms with van der Waals surface area (Å²) in [6, 6.07) is 6.05. The highest BCUT2D eigenvalue weighted by atomic mass is 32.2. The van der Waals surface area contributed by atoms with E-state index in [0.717, 1.165) is 18.4 Å². The summed E-state index contributed by atoms with van der Waals surface area (Å²) in [4.78, 5) is 11.7. The molecule has 0 saturated heterocycles. The molecule has 1 aromatic carbocycles. The predicted molar refractivity (Wildman–Crippen MR) is 73.9 cm³/mol. The minimum Gasteiger partial charge on any atom is -0.350 e. The second-order valence-electron chi connectivity index (χ2n) is 4.51. The van der Waals surface area contributed by atoms with Crippen LogP contribution in [0, 0.1) is 0 Å². The van der Waals surface area contributed by atoms with Crippen LogP contribution in [0.25, 0.3) is 0 Å². The lowest BCUT2D eigenvalue weighted by atomic mass is 10.1. The number of hydrogen-bond donors (Lipinski definition) is 2. The zero-order chi connectivity index (χ0) is 14.5. The van der Waals surface area contributed by atoms with E-state index in [1.807, 2.05) is 13.8 Å². The second-order valence-corrected chi connectivity index (χ2v) is 6.07. The molecule has 0 unspecified atom stereocenters. The van der Waals surface area contributed by atoms with Gasteiger partial charge in [-0.1, -0.05) is 25.5 Å². The molecular formula is C13H20N2O3S. The monoisotopic (exact) mass is 284 g/mol. The number of sulfonamides is 1. The molecule has 0 radical (unpaired) electrons. The highest BCUT2D eigenvalue weighted by molar-refractivity contribution is 7.89. The third-order valence-corrected chi connectivity index (χ3v) is 3.73. The van der Waals surface area contributed by atoms with E-state index in [0.29, 0.717) is 6.42 Å². The second kappa shape index (κ2) is 6.68. The molecule has 0 saturated carbocycles. The highest BCUT2D eigenvalue weighted by Gasteiger charge is 2.13. The van der Waals surface area contributed by atoms with Crippen LogP contribution in [0.1, 0.15) is 44.7 Å². The Morgan fingerprint density at radius 1 is 1.42 bits per heavy atom. The van der Waals surface area contributed by atoms with Crippen LogP contribution in [0.4, 0.5) is 0 Å². The van der Waals surface area contributed by atoms with E-state index in [4.69, 9.17) is 5.14 Å². The molecule has 0 aromatic heterocycles. The molecule has 1 aromatic rings. The first kappa shape index (κ1) is 15.7. The number of carbonyl (C=O) groups excluding carboxylic acids is 1. The first-order valence-electron chi connectivity index (χ1n) is 6.26. The number of unbranched alkanes of at least 4 members (excludes halogenated alkanes) is 1. The Hall–Kier alpha value is -1.40. The zero-order valence-corrected chi connectivity index (χ0v) is 12.0. The van der Waals surface area contributed by atoms with Gasteiger partial charge in [-0.2, -0.15) is 0 Å². The molecule has 0 fully saturated rings. The Morgan fingerprint density at radius 2 is 2.11 bits per heavy atom. The maximum Gasteiger partial charge on any atom is 0.238 e. The topological polar surface area (TPSA) is 89.3 Å². The van der Waals surface area contributed by atoms with Gasteiger partial charge in [0.15, 0.2) is 0 Å². The third kappa shape index (κ3) is 5.00. The molecule has 6 heteroatoms. The predicted octanol–water partition coefficient (Wildman–Crippen LogP) is 1.70. The van der Waals surface area contributed by atoms with Crippen LogP contribution in [0.2, 0.25) is 0 Å². The number of nitrogens with one attached hydrogen (secondary N) is 1. The summed E-state index contributed by atoms with van der Waals surface area (Å²) in [6.45, 7) is 3.83.